The average molecular weight is 431 g/mol. The van der Waals surface area contributed by atoms with Gasteiger partial charge in [0.1, 0.15) is 24.4 Å². The molecule has 1 fully saturated rings. The summed E-state index contributed by atoms with van der Waals surface area (Å²) in [6, 6.07) is 20.1. The molecule has 0 bridgehead atoms. The van der Waals surface area contributed by atoms with Crippen molar-refractivity contribution in [2.75, 3.05) is 27.4 Å². The molecule has 0 saturated carbocycles. The highest BCUT2D eigenvalue weighted by molar-refractivity contribution is 5.14. The third kappa shape index (κ3) is 6.84. The van der Waals surface area contributed by atoms with Crippen LogP contribution < -0.4 is 0 Å². The lowest BCUT2D eigenvalue weighted by Crippen LogP contribution is -2.61. The van der Waals surface area contributed by atoms with Gasteiger partial charge in [0, 0.05) is 20.8 Å². The molecule has 1 aliphatic rings. The topological polar surface area (TPSA) is 55.4 Å². The Morgan fingerprint density at radius 2 is 1.32 bits per heavy atom. The van der Waals surface area contributed by atoms with Gasteiger partial charge in [0.2, 0.25) is 0 Å². The van der Waals surface area contributed by atoms with E-state index in [4.69, 9.17) is 28.4 Å². The summed E-state index contributed by atoms with van der Waals surface area (Å²) in [7, 11) is 3.27. The molecule has 0 amide bonds. The zero-order valence-corrected chi connectivity index (χ0v) is 18.6. The van der Waals surface area contributed by atoms with Gasteiger partial charge >= 0.3 is 0 Å². The number of ether oxygens (including phenoxy) is 6. The molecule has 6 nitrogen and oxygen atoms in total. The van der Waals surface area contributed by atoms with E-state index in [0.29, 0.717) is 26.4 Å². The van der Waals surface area contributed by atoms with Crippen LogP contribution in [0.15, 0.2) is 60.7 Å². The molecule has 1 heterocycles. The molecule has 2 aromatic carbocycles. The first-order chi connectivity index (χ1) is 15.3. The Hall–Kier alpha value is -1.80. The molecule has 1 aliphatic heterocycles. The molecule has 170 valence electrons. The van der Waals surface area contributed by atoms with Gasteiger partial charge in [-0.05, 0) is 17.5 Å². The third-order valence-corrected chi connectivity index (χ3v) is 5.24. The van der Waals surface area contributed by atoms with E-state index in [0.717, 1.165) is 17.5 Å². The molecular formula is C25H34O6. The van der Waals surface area contributed by atoms with E-state index < -0.39 is 12.4 Å². The van der Waals surface area contributed by atoms with Crippen molar-refractivity contribution < 1.29 is 28.4 Å². The van der Waals surface area contributed by atoms with Crippen LogP contribution in [-0.2, 0) is 41.6 Å². The third-order valence-electron chi connectivity index (χ3n) is 5.24. The van der Waals surface area contributed by atoms with Gasteiger partial charge in [0.05, 0.1) is 19.8 Å². The van der Waals surface area contributed by atoms with Crippen LogP contribution in [0.4, 0.5) is 0 Å². The van der Waals surface area contributed by atoms with Gasteiger partial charge in [-0.15, -0.1) is 0 Å². The molecule has 0 N–H and O–H groups in total. The minimum atomic E-state index is -0.581. The van der Waals surface area contributed by atoms with Crippen LogP contribution >= 0.6 is 0 Å². The Morgan fingerprint density at radius 1 is 0.742 bits per heavy atom. The largest absolute Gasteiger partial charge is 0.382 e. The molecule has 0 aliphatic carbocycles. The van der Waals surface area contributed by atoms with Gasteiger partial charge in [-0.3, -0.25) is 0 Å². The highest BCUT2D eigenvalue weighted by Gasteiger charge is 2.48. The van der Waals surface area contributed by atoms with E-state index in [1.807, 2.05) is 60.7 Å². The minimum absolute atomic E-state index is 0.336. The van der Waals surface area contributed by atoms with E-state index in [9.17, 15) is 0 Å². The van der Waals surface area contributed by atoms with E-state index in [-0.39, 0.29) is 18.3 Å². The SMILES string of the molecule is CCCO[C@H]1[C@H](OCc2ccccc2)[C@@H](COC)OC(OC)[C@@H]1OCc1ccccc1. The minimum Gasteiger partial charge on any atom is -0.382 e. The van der Waals surface area contributed by atoms with Gasteiger partial charge in [0.15, 0.2) is 6.29 Å². The van der Waals surface area contributed by atoms with E-state index in [1.54, 1.807) is 14.2 Å². The van der Waals surface area contributed by atoms with Crippen LogP contribution in [-0.4, -0.2) is 58.1 Å². The first kappa shape index (κ1) is 23.9. The zero-order valence-electron chi connectivity index (χ0n) is 18.6. The van der Waals surface area contributed by atoms with Crippen molar-refractivity contribution in [3.8, 4) is 0 Å². The van der Waals surface area contributed by atoms with E-state index in [1.165, 1.54) is 0 Å². The van der Waals surface area contributed by atoms with Gasteiger partial charge in [0.25, 0.3) is 0 Å². The number of methoxy groups -OCH3 is 2. The number of hydrogen-bond donors (Lipinski definition) is 0. The lowest BCUT2D eigenvalue weighted by atomic mass is 9.98. The summed E-state index contributed by atoms with van der Waals surface area (Å²) < 4.78 is 36.2. The first-order valence-corrected chi connectivity index (χ1v) is 10.9. The molecule has 5 atom stereocenters. The second-order valence-corrected chi connectivity index (χ2v) is 7.59. The summed E-state index contributed by atoms with van der Waals surface area (Å²) in [5, 5.41) is 0. The van der Waals surface area contributed by atoms with Crippen LogP contribution in [0.1, 0.15) is 24.5 Å². The highest BCUT2D eigenvalue weighted by atomic mass is 16.7. The average Bonchev–Trinajstić information content (AvgIpc) is 2.82. The maximum atomic E-state index is 6.35. The standard InChI is InChI=1S/C25H34O6/c1-4-15-28-23-22(29-16-19-11-7-5-8-12-19)21(18-26-2)31-25(27-3)24(23)30-17-20-13-9-6-10-14-20/h5-14,21-25H,4,15-18H2,1-3H3/t21-,22-,23+,24-,25?/m1/s1. The van der Waals surface area contributed by atoms with Gasteiger partial charge in [-0.2, -0.15) is 0 Å². The summed E-state index contributed by atoms with van der Waals surface area (Å²) in [6.07, 6.45) is -1.18. The highest BCUT2D eigenvalue weighted by Crippen LogP contribution is 2.30. The Bertz CT molecular complexity index is 725. The maximum Gasteiger partial charge on any atom is 0.186 e. The first-order valence-electron chi connectivity index (χ1n) is 10.9. The lowest BCUT2D eigenvalue weighted by Gasteiger charge is -2.45. The van der Waals surface area contributed by atoms with E-state index in [2.05, 4.69) is 6.92 Å². The number of benzene rings is 2. The number of rotatable bonds is 12. The molecule has 2 aromatic rings. The van der Waals surface area contributed by atoms with Crippen LogP contribution in [0.5, 0.6) is 0 Å². The summed E-state index contributed by atoms with van der Waals surface area (Å²) in [5.41, 5.74) is 2.16. The lowest BCUT2D eigenvalue weighted by molar-refractivity contribution is -0.320. The summed E-state index contributed by atoms with van der Waals surface area (Å²) in [4.78, 5) is 0. The summed E-state index contributed by atoms with van der Waals surface area (Å²) in [5.74, 6) is 0. The smallest absolute Gasteiger partial charge is 0.186 e. The Kier molecular flexibility index (Phi) is 9.93. The number of hydrogen-bond acceptors (Lipinski definition) is 6. The summed E-state index contributed by atoms with van der Waals surface area (Å²) >= 11 is 0. The molecule has 31 heavy (non-hydrogen) atoms. The maximum absolute atomic E-state index is 6.35. The quantitative estimate of drug-likeness (QED) is 0.508. The fourth-order valence-corrected chi connectivity index (χ4v) is 3.72. The Balaban J connectivity index is 1.79. The molecule has 3 rings (SSSR count). The van der Waals surface area contributed by atoms with Gasteiger partial charge in [-0.25, -0.2) is 0 Å². The normalized spacial score (nSPS) is 26.1. The zero-order chi connectivity index (χ0) is 21.9. The Morgan fingerprint density at radius 3 is 1.84 bits per heavy atom. The van der Waals surface area contributed by atoms with Crippen LogP contribution in [0.3, 0.4) is 0 Å². The van der Waals surface area contributed by atoms with Crippen molar-refractivity contribution in [1.82, 2.24) is 0 Å². The van der Waals surface area contributed by atoms with Crippen molar-refractivity contribution in [1.29, 1.82) is 0 Å². The molecule has 0 radical (unpaired) electrons. The van der Waals surface area contributed by atoms with Crippen molar-refractivity contribution in [2.45, 2.75) is 57.3 Å². The molecule has 1 saturated heterocycles. The Labute approximate surface area is 185 Å². The van der Waals surface area contributed by atoms with Gasteiger partial charge < -0.3 is 28.4 Å². The van der Waals surface area contributed by atoms with Crippen LogP contribution in [0, 0.1) is 0 Å². The van der Waals surface area contributed by atoms with Crippen LogP contribution in [0.25, 0.3) is 0 Å². The fourth-order valence-electron chi connectivity index (χ4n) is 3.72. The van der Waals surface area contributed by atoms with Crippen molar-refractivity contribution in [3.63, 3.8) is 0 Å². The molecule has 0 aromatic heterocycles. The van der Waals surface area contributed by atoms with Crippen molar-refractivity contribution in [3.05, 3.63) is 71.8 Å². The van der Waals surface area contributed by atoms with E-state index >= 15 is 0 Å². The predicted octanol–water partition coefficient (Wildman–Crippen LogP) is 3.97. The second-order valence-electron chi connectivity index (χ2n) is 7.59. The van der Waals surface area contributed by atoms with Crippen molar-refractivity contribution in [2.24, 2.45) is 0 Å². The van der Waals surface area contributed by atoms with Crippen molar-refractivity contribution >= 4 is 0 Å². The molecular weight excluding hydrogens is 396 g/mol. The summed E-state index contributed by atoms with van der Waals surface area (Å²) in [6.45, 7) is 3.93. The molecule has 0 spiro atoms. The van der Waals surface area contributed by atoms with Crippen LogP contribution in [0.2, 0.25) is 0 Å². The van der Waals surface area contributed by atoms with Gasteiger partial charge in [-0.1, -0.05) is 67.6 Å². The second kappa shape index (κ2) is 12.9. The predicted molar refractivity (Wildman–Crippen MR) is 118 cm³/mol. The molecule has 1 unspecified atom stereocenters. The monoisotopic (exact) mass is 430 g/mol. The fraction of sp³-hybridized carbons (Fsp3) is 0.520. The molecule has 6 heteroatoms.